The van der Waals surface area contributed by atoms with E-state index in [9.17, 15) is 10.3 Å². The van der Waals surface area contributed by atoms with Gasteiger partial charge in [-0.05, 0) is 86.9 Å². The molecule has 3 heteroatoms. The number of fused-ring (bicyclic) bond motifs is 5. The quantitative estimate of drug-likeness (QED) is 0.520. The monoisotopic (exact) mass is 305 g/mol. The Bertz CT molecular complexity index is 490. The van der Waals surface area contributed by atoms with Gasteiger partial charge in [0.25, 0.3) is 0 Å². The molecule has 0 aliphatic heterocycles. The summed E-state index contributed by atoms with van der Waals surface area (Å²) in [4.78, 5) is 0. The molecule has 22 heavy (non-hydrogen) atoms. The Morgan fingerprint density at radius 3 is 2.59 bits per heavy atom. The summed E-state index contributed by atoms with van der Waals surface area (Å²) in [6.07, 6.45) is 10.5. The van der Waals surface area contributed by atoms with Gasteiger partial charge in [0.15, 0.2) is 0 Å². The van der Waals surface area contributed by atoms with Gasteiger partial charge in [0.1, 0.15) is 0 Å². The van der Waals surface area contributed by atoms with Crippen molar-refractivity contribution in [1.29, 1.82) is 0 Å². The van der Waals surface area contributed by atoms with Crippen molar-refractivity contribution >= 4 is 5.71 Å². The van der Waals surface area contributed by atoms with E-state index in [0.717, 1.165) is 48.6 Å². The fourth-order valence-corrected chi connectivity index (χ4v) is 7.19. The molecule has 0 spiro atoms. The third-order valence-corrected chi connectivity index (χ3v) is 8.50. The van der Waals surface area contributed by atoms with Crippen molar-refractivity contribution in [3.05, 3.63) is 0 Å². The molecule has 4 saturated carbocycles. The number of hydrogen-bond acceptors (Lipinski definition) is 3. The first-order valence-corrected chi connectivity index (χ1v) is 9.38. The first-order valence-electron chi connectivity index (χ1n) is 9.38. The van der Waals surface area contributed by atoms with E-state index in [4.69, 9.17) is 0 Å². The van der Waals surface area contributed by atoms with E-state index < -0.39 is 0 Å². The molecule has 0 aromatic rings. The molecule has 0 aromatic carbocycles. The van der Waals surface area contributed by atoms with Gasteiger partial charge in [0.05, 0.1) is 11.8 Å². The lowest BCUT2D eigenvalue weighted by Crippen LogP contribution is -2.54. The van der Waals surface area contributed by atoms with Crippen molar-refractivity contribution in [2.75, 3.05) is 0 Å². The van der Waals surface area contributed by atoms with Crippen LogP contribution in [0, 0.1) is 34.5 Å². The van der Waals surface area contributed by atoms with E-state index in [1.165, 1.54) is 38.5 Å². The third-order valence-electron chi connectivity index (χ3n) is 8.50. The number of oxime groups is 1. The molecule has 7 atom stereocenters. The van der Waals surface area contributed by atoms with Crippen LogP contribution in [-0.2, 0) is 0 Å². The minimum absolute atomic E-state index is 0.0527. The molecule has 2 N–H and O–H groups in total. The number of hydrogen-bond donors (Lipinski definition) is 2. The van der Waals surface area contributed by atoms with E-state index in [2.05, 4.69) is 19.0 Å². The molecule has 0 saturated heterocycles. The van der Waals surface area contributed by atoms with Gasteiger partial charge < -0.3 is 10.3 Å². The van der Waals surface area contributed by atoms with Gasteiger partial charge in [-0.25, -0.2) is 0 Å². The highest BCUT2D eigenvalue weighted by Gasteiger charge is 2.59. The summed E-state index contributed by atoms with van der Waals surface area (Å²) >= 11 is 0. The molecule has 4 aliphatic rings. The fraction of sp³-hybridized carbons (Fsp3) is 0.947. The Labute approximate surface area is 134 Å². The van der Waals surface area contributed by atoms with Gasteiger partial charge in [-0.1, -0.05) is 19.0 Å². The highest BCUT2D eigenvalue weighted by Crippen LogP contribution is 2.65. The van der Waals surface area contributed by atoms with Crippen LogP contribution in [0.15, 0.2) is 5.16 Å². The van der Waals surface area contributed by atoms with Crippen molar-refractivity contribution in [2.24, 2.45) is 39.7 Å². The second-order valence-corrected chi connectivity index (χ2v) is 9.13. The molecule has 4 aliphatic carbocycles. The Hall–Kier alpha value is -0.570. The Balaban J connectivity index is 1.63. The summed E-state index contributed by atoms with van der Waals surface area (Å²) in [5.41, 5.74) is 1.68. The minimum atomic E-state index is -0.0527. The van der Waals surface area contributed by atoms with Crippen LogP contribution in [0.3, 0.4) is 0 Å². The molecular formula is C19H31NO2. The highest BCUT2D eigenvalue weighted by atomic mass is 16.4. The van der Waals surface area contributed by atoms with Crippen molar-refractivity contribution in [2.45, 2.75) is 77.7 Å². The second kappa shape index (κ2) is 4.96. The van der Waals surface area contributed by atoms with Crippen LogP contribution < -0.4 is 0 Å². The van der Waals surface area contributed by atoms with Crippen LogP contribution >= 0.6 is 0 Å². The summed E-state index contributed by atoms with van der Waals surface area (Å²) in [5, 5.41) is 23.1. The normalized spacial score (nSPS) is 56.3. The zero-order valence-corrected chi connectivity index (χ0v) is 14.1. The van der Waals surface area contributed by atoms with E-state index in [1.54, 1.807) is 0 Å². The lowest BCUT2D eigenvalue weighted by molar-refractivity contribution is -0.114. The Morgan fingerprint density at radius 1 is 1.00 bits per heavy atom. The van der Waals surface area contributed by atoms with Crippen molar-refractivity contribution < 1.29 is 10.3 Å². The average molecular weight is 305 g/mol. The molecule has 0 radical (unpaired) electrons. The van der Waals surface area contributed by atoms with Gasteiger partial charge >= 0.3 is 0 Å². The minimum Gasteiger partial charge on any atom is -0.411 e. The SMILES string of the molecule is C[C@]12CC[C@H](O)C[C@@H]1CC[C@@H]1[C@H]3CC/C(=N\O)[C@@]3(C)CC[C@@H]12. The summed E-state index contributed by atoms with van der Waals surface area (Å²) in [5.74, 6) is 3.10. The number of nitrogens with zero attached hydrogens (tertiary/aromatic N) is 1. The largest absolute Gasteiger partial charge is 0.411 e. The Morgan fingerprint density at radius 2 is 1.82 bits per heavy atom. The van der Waals surface area contributed by atoms with E-state index >= 15 is 0 Å². The van der Waals surface area contributed by atoms with E-state index in [1.807, 2.05) is 0 Å². The predicted molar refractivity (Wildman–Crippen MR) is 87.0 cm³/mol. The topological polar surface area (TPSA) is 52.8 Å². The summed E-state index contributed by atoms with van der Waals surface area (Å²) < 4.78 is 0. The van der Waals surface area contributed by atoms with Gasteiger partial charge in [-0.15, -0.1) is 0 Å². The molecular weight excluding hydrogens is 274 g/mol. The zero-order chi connectivity index (χ0) is 15.5. The first-order chi connectivity index (χ1) is 10.5. The number of rotatable bonds is 0. The van der Waals surface area contributed by atoms with Crippen LogP contribution in [0.4, 0.5) is 0 Å². The van der Waals surface area contributed by atoms with Crippen LogP contribution in [0.25, 0.3) is 0 Å². The zero-order valence-electron chi connectivity index (χ0n) is 14.1. The van der Waals surface area contributed by atoms with E-state index in [-0.39, 0.29) is 11.5 Å². The van der Waals surface area contributed by atoms with Crippen LogP contribution in [-0.4, -0.2) is 22.1 Å². The molecule has 0 amide bonds. The maximum Gasteiger partial charge on any atom is 0.0632 e. The van der Waals surface area contributed by atoms with Crippen LogP contribution in [0.2, 0.25) is 0 Å². The second-order valence-electron chi connectivity index (χ2n) is 9.13. The summed E-state index contributed by atoms with van der Waals surface area (Å²) in [7, 11) is 0. The van der Waals surface area contributed by atoms with Crippen molar-refractivity contribution in [3.8, 4) is 0 Å². The molecule has 3 nitrogen and oxygen atoms in total. The van der Waals surface area contributed by atoms with Gasteiger partial charge in [0.2, 0.25) is 0 Å². The molecule has 124 valence electrons. The van der Waals surface area contributed by atoms with Crippen molar-refractivity contribution in [1.82, 2.24) is 0 Å². The third kappa shape index (κ3) is 1.87. The average Bonchev–Trinajstić information content (AvgIpc) is 2.84. The maximum absolute atomic E-state index is 10.1. The molecule has 0 aromatic heterocycles. The molecule has 0 bridgehead atoms. The highest BCUT2D eigenvalue weighted by molar-refractivity contribution is 5.91. The fourth-order valence-electron chi connectivity index (χ4n) is 7.19. The summed E-state index contributed by atoms with van der Waals surface area (Å²) in [6.45, 7) is 4.88. The maximum atomic E-state index is 10.1. The Kier molecular flexibility index (Phi) is 3.38. The number of aliphatic hydroxyl groups excluding tert-OH is 1. The molecule has 4 fully saturated rings. The van der Waals surface area contributed by atoms with Crippen LogP contribution in [0.1, 0.15) is 71.6 Å². The molecule has 0 unspecified atom stereocenters. The van der Waals surface area contributed by atoms with Gasteiger partial charge in [0, 0.05) is 5.41 Å². The van der Waals surface area contributed by atoms with Gasteiger partial charge in [-0.2, -0.15) is 0 Å². The summed E-state index contributed by atoms with van der Waals surface area (Å²) in [6, 6.07) is 0. The number of aliphatic hydroxyl groups is 1. The smallest absolute Gasteiger partial charge is 0.0632 e. The van der Waals surface area contributed by atoms with E-state index in [0.29, 0.717) is 5.41 Å². The molecule has 4 rings (SSSR count). The lowest BCUT2D eigenvalue weighted by Gasteiger charge is -2.60. The first kappa shape index (κ1) is 15.0. The predicted octanol–water partition coefficient (Wildman–Crippen LogP) is 4.22. The standard InChI is InChI=1S/C19H31NO2/c1-18-9-7-13(21)11-12(18)3-4-14-15-5-6-17(20-22)19(15,2)10-8-16(14)18/h12-16,21-22H,3-11H2,1-2H3/b20-17+/t12-,13-,14+,15+,16-,18-,19-/m0/s1. The van der Waals surface area contributed by atoms with Gasteiger partial charge in [-0.3, -0.25) is 0 Å². The van der Waals surface area contributed by atoms with Crippen LogP contribution in [0.5, 0.6) is 0 Å². The lowest BCUT2D eigenvalue weighted by atomic mass is 9.45. The molecule has 0 heterocycles. The van der Waals surface area contributed by atoms with Crippen molar-refractivity contribution in [3.63, 3.8) is 0 Å².